The summed E-state index contributed by atoms with van der Waals surface area (Å²) >= 11 is 1.51. The maximum absolute atomic E-state index is 13.0. The van der Waals surface area contributed by atoms with Gasteiger partial charge in [0.1, 0.15) is 0 Å². The van der Waals surface area contributed by atoms with E-state index in [-0.39, 0.29) is 18.0 Å². The zero-order valence-corrected chi connectivity index (χ0v) is 17.8. The lowest BCUT2D eigenvalue weighted by molar-refractivity contribution is 0.482. The summed E-state index contributed by atoms with van der Waals surface area (Å²) in [5, 5.41) is 0.985. The molecule has 0 amide bonds. The fourth-order valence-electron chi connectivity index (χ4n) is 2.74. The third-order valence-electron chi connectivity index (χ3n) is 4.29. The van der Waals surface area contributed by atoms with Crippen LogP contribution in [0.25, 0.3) is 10.1 Å². The van der Waals surface area contributed by atoms with Gasteiger partial charge in [0.25, 0.3) is 0 Å². The van der Waals surface area contributed by atoms with Crippen molar-refractivity contribution in [3.63, 3.8) is 0 Å². The third kappa shape index (κ3) is 4.53. The van der Waals surface area contributed by atoms with Crippen molar-refractivity contribution in [3.05, 3.63) is 64.5 Å². The van der Waals surface area contributed by atoms with Crippen molar-refractivity contribution in [1.29, 1.82) is 0 Å². The van der Waals surface area contributed by atoms with Crippen LogP contribution in [0.4, 0.5) is 0 Å². The molecule has 0 aliphatic carbocycles. The van der Waals surface area contributed by atoms with Gasteiger partial charge in [0.05, 0.1) is 28.4 Å². The highest BCUT2D eigenvalue weighted by Gasteiger charge is 2.23. The first-order valence-corrected chi connectivity index (χ1v) is 11.2. The van der Waals surface area contributed by atoms with Crippen LogP contribution in [0.1, 0.15) is 22.9 Å². The first kappa shape index (κ1) is 20.7. The Kier molecular flexibility index (Phi) is 6.42. The molecule has 0 aliphatic rings. The normalized spacial score (nSPS) is 10.7. The number of benzene rings is 2. The second kappa shape index (κ2) is 8.99. The molecule has 3 nitrogen and oxygen atoms in total. The van der Waals surface area contributed by atoms with Crippen molar-refractivity contribution in [2.45, 2.75) is 18.7 Å². The van der Waals surface area contributed by atoms with E-state index in [2.05, 4.69) is 29.6 Å². The molecule has 1 aromatic heterocycles. The van der Waals surface area contributed by atoms with Gasteiger partial charge in [0.15, 0.2) is 0 Å². The molecule has 0 radical (unpaired) electrons. The molecule has 1 heterocycles. The molecular formula is C24H19NO2S2. The lowest BCUT2D eigenvalue weighted by Gasteiger charge is -2.17. The van der Waals surface area contributed by atoms with Crippen molar-refractivity contribution in [3.8, 4) is 36.0 Å². The summed E-state index contributed by atoms with van der Waals surface area (Å²) in [7, 11) is -3.70. The molecule has 0 atom stereocenters. The smallest absolute Gasteiger partial charge is 0.207 e. The highest BCUT2D eigenvalue weighted by molar-refractivity contribution is 7.89. The summed E-state index contributed by atoms with van der Waals surface area (Å²) in [6, 6.07) is 14.6. The first-order chi connectivity index (χ1) is 14.0. The Morgan fingerprint density at radius 3 is 2.41 bits per heavy atom. The van der Waals surface area contributed by atoms with Crippen LogP contribution in [-0.2, 0) is 10.0 Å². The Balaban J connectivity index is 1.95. The largest absolute Gasteiger partial charge is 0.244 e. The quantitative estimate of drug-likeness (QED) is 0.595. The molecule has 0 saturated heterocycles. The summed E-state index contributed by atoms with van der Waals surface area (Å²) < 4.78 is 28.4. The summed E-state index contributed by atoms with van der Waals surface area (Å²) in [5.41, 5.74) is 1.76. The van der Waals surface area contributed by atoms with Gasteiger partial charge in [-0.15, -0.1) is 23.7 Å². The van der Waals surface area contributed by atoms with Crippen LogP contribution in [0.15, 0.2) is 53.4 Å². The van der Waals surface area contributed by atoms with E-state index in [0.29, 0.717) is 0 Å². The average molecular weight is 418 g/mol. The maximum Gasteiger partial charge on any atom is 0.244 e. The van der Waals surface area contributed by atoms with Crippen LogP contribution >= 0.6 is 11.3 Å². The van der Waals surface area contributed by atoms with Crippen LogP contribution < -0.4 is 0 Å². The van der Waals surface area contributed by atoms with E-state index in [1.165, 1.54) is 15.6 Å². The lowest BCUT2D eigenvalue weighted by Crippen LogP contribution is -2.32. The van der Waals surface area contributed by atoms with Gasteiger partial charge in [0.2, 0.25) is 10.0 Å². The highest BCUT2D eigenvalue weighted by Crippen LogP contribution is 2.29. The molecule has 0 N–H and O–H groups in total. The molecule has 5 heteroatoms. The molecule has 3 aromatic rings. The summed E-state index contributed by atoms with van der Waals surface area (Å²) in [6.45, 7) is 3.70. The number of hydrogen-bond acceptors (Lipinski definition) is 3. The Morgan fingerprint density at radius 1 is 1.03 bits per heavy atom. The van der Waals surface area contributed by atoms with Crippen molar-refractivity contribution in [2.24, 2.45) is 0 Å². The highest BCUT2D eigenvalue weighted by atomic mass is 32.2. The first-order valence-electron chi connectivity index (χ1n) is 8.91. The van der Waals surface area contributed by atoms with Crippen LogP contribution in [0.5, 0.6) is 0 Å². The lowest BCUT2D eigenvalue weighted by atomic mass is 10.1. The molecule has 0 fully saturated rings. The molecule has 0 aliphatic heterocycles. The predicted molar refractivity (Wildman–Crippen MR) is 120 cm³/mol. The Morgan fingerprint density at radius 2 is 1.72 bits per heavy atom. The molecule has 0 saturated carbocycles. The van der Waals surface area contributed by atoms with E-state index in [4.69, 9.17) is 6.42 Å². The van der Waals surface area contributed by atoms with Gasteiger partial charge < -0.3 is 0 Å². The third-order valence-corrected chi connectivity index (χ3v) is 7.19. The predicted octanol–water partition coefficient (Wildman–Crippen LogP) is 4.26. The van der Waals surface area contributed by atoms with E-state index >= 15 is 0 Å². The van der Waals surface area contributed by atoms with Gasteiger partial charge in [0, 0.05) is 10.1 Å². The summed E-state index contributed by atoms with van der Waals surface area (Å²) in [5.74, 6) is 14.3. The molecule has 0 bridgehead atoms. The van der Waals surface area contributed by atoms with Gasteiger partial charge in [-0.3, -0.25) is 0 Å². The SMILES string of the molecule is C#Cc1sc2ccccc2c1C#CCN(CC#CC)S(=O)(=O)c1ccc(C)cc1. The second-order valence-electron chi connectivity index (χ2n) is 6.26. The van der Waals surface area contributed by atoms with Crippen LogP contribution in [0, 0.1) is 42.9 Å². The standard InChI is InChI=1S/C24H19NO2S2/c1-4-6-17-25(29(26,27)20-15-13-19(3)14-16-20)18-9-11-21-22-10-7-8-12-24(22)28-23(21)5-2/h2,7-8,10,12-16H,17-18H2,1,3H3. The Labute approximate surface area is 176 Å². The summed E-state index contributed by atoms with van der Waals surface area (Å²) in [4.78, 5) is 0.980. The van der Waals surface area contributed by atoms with Gasteiger partial charge in [-0.05, 0) is 32.0 Å². The van der Waals surface area contributed by atoms with E-state index < -0.39 is 10.0 Å². The zero-order chi connectivity index (χ0) is 20.9. The number of nitrogens with zero attached hydrogens (tertiary/aromatic N) is 1. The fourth-order valence-corrected chi connectivity index (χ4v) is 4.96. The van der Waals surface area contributed by atoms with E-state index in [9.17, 15) is 8.42 Å². The number of hydrogen-bond donors (Lipinski definition) is 0. The second-order valence-corrected chi connectivity index (χ2v) is 9.25. The van der Waals surface area contributed by atoms with Crippen molar-refractivity contribution in [1.82, 2.24) is 4.31 Å². The van der Waals surface area contributed by atoms with Crippen LogP contribution in [0.3, 0.4) is 0 Å². The van der Waals surface area contributed by atoms with E-state index in [0.717, 1.165) is 26.1 Å². The molecule has 0 unspecified atom stereocenters. The molecule has 3 rings (SSSR count). The monoisotopic (exact) mass is 417 g/mol. The number of rotatable bonds is 4. The van der Waals surface area contributed by atoms with Crippen molar-refractivity contribution < 1.29 is 8.42 Å². The number of fused-ring (bicyclic) bond motifs is 1. The maximum atomic E-state index is 13.0. The molecular weight excluding hydrogens is 398 g/mol. The number of sulfonamides is 1. The topological polar surface area (TPSA) is 37.4 Å². The number of thiophene rings is 1. The number of terminal acetylenes is 1. The minimum Gasteiger partial charge on any atom is -0.207 e. The Bertz CT molecular complexity index is 1300. The minimum absolute atomic E-state index is 0.0269. The number of aryl methyl sites for hydroxylation is 1. The van der Waals surface area contributed by atoms with E-state index in [1.54, 1.807) is 31.2 Å². The van der Waals surface area contributed by atoms with Gasteiger partial charge >= 0.3 is 0 Å². The molecule has 144 valence electrons. The van der Waals surface area contributed by atoms with Gasteiger partial charge in [-0.25, -0.2) is 8.42 Å². The van der Waals surface area contributed by atoms with Gasteiger partial charge in [-0.2, -0.15) is 4.31 Å². The average Bonchev–Trinajstić information content (AvgIpc) is 3.08. The Hall–Kier alpha value is -3.01. The van der Waals surface area contributed by atoms with E-state index in [1.807, 2.05) is 31.2 Å². The molecule has 29 heavy (non-hydrogen) atoms. The molecule has 2 aromatic carbocycles. The van der Waals surface area contributed by atoms with Crippen LogP contribution in [0.2, 0.25) is 0 Å². The van der Waals surface area contributed by atoms with Crippen LogP contribution in [-0.4, -0.2) is 25.8 Å². The fraction of sp³-hybridized carbons (Fsp3) is 0.167. The van der Waals surface area contributed by atoms with Crippen molar-refractivity contribution in [2.75, 3.05) is 13.1 Å². The minimum atomic E-state index is -3.70. The van der Waals surface area contributed by atoms with Crippen molar-refractivity contribution >= 4 is 31.4 Å². The zero-order valence-electron chi connectivity index (χ0n) is 16.2. The summed E-state index contributed by atoms with van der Waals surface area (Å²) in [6.07, 6.45) is 5.64. The molecule has 0 spiro atoms. The van der Waals surface area contributed by atoms with Gasteiger partial charge in [-0.1, -0.05) is 59.6 Å².